The first-order valence-corrected chi connectivity index (χ1v) is 24.5. The van der Waals surface area contributed by atoms with Crippen LogP contribution in [0.25, 0.3) is 22.3 Å². The van der Waals surface area contributed by atoms with Gasteiger partial charge in [-0.05, 0) is 68.9 Å². The number of halogens is 4. The molecule has 2 aliphatic heterocycles. The molecule has 370 valence electrons. The van der Waals surface area contributed by atoms with Crippen molar-refractivity contribution in [3.63, 3.8) is 0 Å². The van der Waals surface area contributed by atoms with Crippen LogP contribution in [0.2, 0.25) is 5.02 Å². The molecule has 5 aliphatic rings. The summed E-state index contributed by atoms with van der Waals surface area (Å²) in [7, 11) is 0. The fourth-order valence-electron chi connectivity index (χ4n) is 9.71. The lowest BCUT2D eigenvalue weighted by molar-refractivity contribution is -0.149. The number of nitrogens with zero attached hydrogens (tertiary/aromatic N) is 5. The zero-order valence-electron chi connectivity index (χ0n) is 38.9. The number of aromatic nitrogens is 2. The lowest BCUT2D eigenvalue weighted by atomic mass is 9.85. The van der Waals surface area contributed by atoms with Gasteiger partial charge >= 0.3 is 18.2 Å². The van der Waals surface area contributed by atoms with Crippen molar-refractivity contribution in [2.24, 2.45) is 23.2 Å². The number of anilines is 1. The Kier molecular flexibility index (Phi) is 14.2. The molecule has 68 heavy (non-hydrogen) atoms. The molecule has 3 aromatic rings. The molecule has 4 heterocycles. The van der Waals surface area contributed by atoms with Crippen LogP contribution in [0.1, 0.15) is 66.7 Å². The molecule has 4 N–H and O–H groups in total. The van der Waals surface area contributed by atoms with Gasteiger partial charge in [0.2, 0.25) is 11.8 Å². The molecular formula is C47H60ClF3N8O8S. The van der Waals surface area contributed by atoms with Gasteiger partial charge in [0.15, 0.2) is 5.13 Å². The van der Waals surface area contributed by atoms with E-state index in [0.29, 0.717) is 70.4 Å². The van der Waals surface area contributed by atoms with Crippen LogP contribution >= 0.6 is 22.9 Å². The maximum Gasteiger partial charge on any atom is 0.408 e. The van der Waals surface area contributed by atoms with Crippen molar-refractivity contribution in [2.45, 2.75) is 109 Å². The van der Waals surface area contributed by atoms with Crippen LogP contribution in [0.3, 0.4) is 0 Å². The Hall–Kier alpha value is -4.92. The van der Waals surface area contributed by atoms with Crippen molar-refractivity contribution in [3.8, 4) is 22.9 Å². The summed E-state index contributed by atoms with van der Waals surface area (Å²) >= 11 is 8.48. The monoisotopic (exact) mass is 988 g/mol. The summed E-state index contributed by atoms with van der Waals surface area (Å²) in [5.74, 6) is -1.18. The van der Waals surface area contributed by atoms with E-state index in [2.05, 4.69) is 22.5 Å². The number of ether oxygens (including phenoxy) is 3. The average Bonchev–Trinajstić information content (AvgIpc) is 3.93. The van der Waals surface area contributed by atoms with Gasteiger partial charge in [0.25, 0.3) is 0 Å². The number of carboxylic acids is 1. The predicted molar refractivity (Wildman–Crippen MR) is 250 cm³/mol. The Morgan fingerprint density at radius 1 is 1.00 bits per heavy atom. The molecule has 5 fully saturated rings. The maximum atomic E-state index is 14.8. The smallest absolute Gasteiger partial charge is 0.408 e. The molecule has 8 atom stereocenters. The Morgan fingerprint density at radius 2 is 1.71 bits per heavy atom. The number of fused-ring (bicyclic) bond motifs is 2. The van der Waals surface area contributed by atoms with Crippen molar-refractivity contribution in [3.05, 3.63) is 41.3 Å². The lowest BCUT2D eigenvalue weighted by Gasteiger charge is -2.35. The minimum atomic E-state index is -4.25. The fourth-order valence-corrected chi connectivity index (χ4v) is 10.8. The van der Waals surface area contributed by atoms with Crippen LogP contribution in [-0.4, -0.2) is 148 Å². The third kappa shape index (κ3) is 11.2. The standard InChI is InChI=1S/C47H60ClF3N8O8S/c1-7-28-21-46(28,42(62)63)56-40(60)34-19-30(22-59(34)41(61)39(45(4,5)6)55-44(64)67-29-17-26-16-27(26)18-29)66-36-20-32(33-23-68-43(54-33)52-25(2)3)53-38-31(36)8-9-35(37(38)48)65-15-14-57-10-12-58(13-11-57)24-47(49,50)51/h7-9,20,23,25-30,34,39H,1,10-19,21-22,24H2,2-6H3,(H,52,54)(H,55,64)(H,56,60)(H,62,63)/t26-,27+,28-,29+,30-,34+,39-,46-/m1/s1. The average molecular weight is 990 g/mol. The number of hydrogen-bond acceptors (Lipinski definition) is 13. The van der Waals surface area contributed by atoms with E-state index in [1.54, 1.807) is 39.0 Å². The number of carbonyl (C=O) groups is 4. The molecule has 0 unspecified atom stereocenters. The van der Waals surface area contributed by atoms with E-state index in [1.807, 2.05) is 24.1 Å². The lowest BCUT2D eigenvalue weighted by Crippen LogP contribution is -2.59. The maximum absolute atomic E-state index is 14.8. The fraction of sp³-hybridized carbons (Fsp3) is 0.617. The summed E-state index contributed by atoms with van der Waals surface area (Å²) in [5, 5.41) is 22.2. The highest BCUT2D eigenvalue weighted by molar-refractivity contribution is 7.14. The Labute approximate surface area is 402 Å². The SMILES string of the molecule is C=C[C@@H]1C[C@]1(NC(=O)[C@@H]1C[C@@H](Oc2cc(-c3csc(NC(C)C)n3)nc3c(Cl)c(OCCN4CCN(CC(F)(F)F)CC4)ccc23)CN1C(=O)[C@@H](NC(=O)O[C@@H]1C[C@@H]2C[C@@H]2C1)C(C)(C)C)C(=O)O. The Morgan fingerprint density at radius 3 is 2.34 bits per heavy atom. The second-order valence-corrected chi connectivity index (χ2v) is 21.4. The van der Waals surface area contributed by atoms with Crippen molar-refractivity contribution in [2.75, 3.05) is 57.7 Å². The zero-order valence-corrected chi connectivity index (χ0v) is 40.4. The van der Waals surface area contributed by atoms with E-state index in [-0.39, 0.29) is 56.3 Å². The number of nitrogens with one attached hydrogen (secondary N) is 3. The minimum absolute atomic E-state index is 0.0319. The first-order valence-electron chi connectivity index (χ1n) is 23.2. The Bertz CT molecular complexity index is 2400. The van der Waals surface area contributed by atoms with Gasteiger partial charge in [-0.3, -0.25) is 19.4 Å². The number of alkyl halides is 3. The van der Waals surface area contributed by atoms with Crippen LogP contribution in [0, 0.1) is 23.2 Å². The molecule has 2 saturated heterocycles. The van der Waals surface area contributed by atoms with E-state index >= 15 is 0 Å². The molecule has 1 aromatic carbocycles. The van der Waals surface area contributed by atoms with Gasteiger partial charge < -0.3 is 40.2 Å². The number of pyridine rings is 1. The molecule has 3 amide bonds. The van der Waals surface area contributed by atoms with Gasteiger partial charge in [0, 0.05) is 67.9 Å². The molecule has 0 radical (unpaired) electrons. The predicted octanol–water partition coefficient (Wildman–Crippen LogP) is 6.82. The number of thiazole rings is 1. The van der Waals surface area contributed by atoms with Gasteiger partial charge in [-0.25, -0.2) is 19.6 Å². The second-order valence-electron chi connectivity index (χ2n) is 20.2. The number of piperazine rings is 1. The van der Waals surface area contributed by atoms with Crippen LogP contribution in [0.15, 0.2) is 36.2 Å². The van der Waals surface area contributed by atoms with Gasteiger partial charge in [0.05, 0.1) is 24.3 Å². The van der Waals surface area contributed by atoms with Gasteiger partial charge in [-0.15, -0.1) is 17.9 Å². The molecule has 2 aromatic heterocycles. The topological polar surface area (TPSA) is 188 Å². The van der Waals surface area contributed by atoms with Crippen molar-refractivity contribution in [1.29, 1.82) is 0 Å². The number of carbonyl (C=O) groups excluding carboxylic acids is 3. The van der Waals surface area contributed by atoms with Crippen molar-refractivity contribution >= 4 is 62.8 Å². The molecule has 3 aliphatic carbocycles. The molecule has 0 bridgehead atoms. The third-order valence-electron chi connectivity index (χ3n) is 13.6. The van der Waals surface area contributed by atoms with E-state index in [1.165, 1.54) is 27.2 Å². The summed E-state index contributed by atoms with van der Waals surface area (Å²) in [5.41, 5.74) is -1.14. The van der Waals surface area contributed by atoms with Crippen LogP contribution in [-0.2, 0) is 19.1 Å². The van der Waals surface area contributed by atoms with Crippen LogP contribution in [0.5, 0.6) is 11.5 Å². The molecule has 0 spiro atoms. The van der Waals surface area contributed by atoms with Crippen molar-refractivity contribution < 1.29 is 51.7 Å². The number of aliphatic carboxylic acids is 1. The largest absolute Gasteiger partial charge is 0.491 e. The third-order valence-corrected chi connectivity index (χ3v) is 14.7. The second kappa shape index (κ2) is 19.5. The number of hydrogen-bond donors (Lipinski definition) is 4. The van der Waals surface area contributed by atoms with E-state index < -0.39 is 71.7 Å². The highest BCUT2D eigenvalue weighted by Gasteiger charge is 2.61. The number of amides is 3. The van der Waals surface area contributed by atoms with Gasteiger partial charge in [0.1, 0.15) is 58.7 Å². The van der Waals surface area contributed by atoms with Crippen molar-refractivity contribution in [1.82, 2.24) is 35.3 Å². The van der Waals surface area contributed by atoms with E-state index in [4.69, 9.17) is 35.8 Å². The summed E-state index contributed by atoms with van der Waals surface area (Å²) in [6.45, 7) is 14.2. The summed E-state index contributed by atoms with van der Waals surface area (Å²) in [4.78, 5) is 69.5. The van der Waals surface area contributed by atoms with Crippen LogP contribution < -0.4 is 25.4 Å². The van der Waals surface area contributed by atoms with Crippen LogP contribution in [0.4, 0.5) is 23.1 Å². The summed E-state index contributed by atoms with van der Waals surface area (Å²) < 4.78 is 57.5. The highest BCUT2D eigenvalue weighted by Crippen LogP contribution is 2.52. The summed E-state index contributed by atoms with van der Waals surface area (Å²) in [6.07, 6.45) is -1.70. The van der Waals surface area contributed by atoms with Gasteiger partial charge in [-0.1, -0.05) is 38.4 Å². The molecule has 21 heteroatoms. The van der Waals surface area contributed by atoms with E-state index in [9.17, 15) is 37.5 Å². The number of rotatable bonds is 17. The number of likely N-dealkylation sites (tertiary alicyclic amines) is 1. The zero-order chi connectivity index (χ0) is 48.9. The minimum Gasteiger partial charge on any atom is -0.491 e. The normalized spacial score (nSPS) is 26.5. The Balaban J connectivity index is 1.06. The number of carboxylic acid groups (broad SMARTS) is 1. The quantitative estimate of drug-likeness (QED) is 0.103. The molecule has 3 saturated carbocycles. The molecule has 8 rings (SSSR count). The number of alkyl carbamates (subject to hydrolysis) is 1. The first-order chi connectivity index (χ1) is 32.1. The number of benzene rings is 1. The summed E-state index contributed by atoms with van der Waals surface area (Å²) in [6, 6.07) is 2.93. The van der Waals surface area contributed by atoms with Gasteiger partial charge in [-0.2, -0.15) is 13.2 Å². The first kappa shape index (κ1) is 49.5. The molecular weight excluding hydrogens is 929 g/mol. The molecule has 16 nitrogen and oxygen atoms in total. The highest BCUT2D eigenvalue weighted by atomic mass is 35.5. The van der Waals surface area contributed by atoms with E-state index in [0.717, 1.165) is 19.3 Å².